The number of rotatable bonds is 3. The number of nitrogens with zero attached hydrogens (tertiary/aromatic N) is 2. The molecular weight excluding hydrogens is 310 g/mol. The Balaban J connectivity index is 2.07. The molecule has 3 amide bonds. The molecule has 2 bridgehead atoms. The lowest BCUT2D eigenvalue weighted by Gasteiger charge is -2.27. The van der Waals surface area contributed by atoms with E-state index in [2.05, 4.69) is 4.28 Å². The minimum Gasteiger partial charge on any atom is -0.368 e. The van der Waals surface area contributed by atoms with Crippen LogP contribution >= 0.6 is 11.3 Å². The summed E-state index contributed by atoms with van der Waals surface area (Å²) in [5, 5.41) is 2.25. The van der Waals surface area contributed by atoms with E-state index in [1.165, 1.54) is 11.3 Å². The van der Waals surface area contributed by atoms with E-state index in [-0.39, 0.29) is 6.54 Å². The van der Waals surface area contributed by atoms with Crippen LogP contribution in [0.1, 0.15) is 22.5 Å². The van der Waals surface area contributed by atoms with Crippen molar-refractivity contribution in [2.45, 2.75) is 12.1 Å². The lowest BCUT2D eigenvalue weighted by Crippen LogP contribution is -2.41. The van der Waals surface area contributed by atoms with Gasteiger partial charge in [0.05, 0.1) is 6.54 Å². The number of hydrogen-bond donors (Lipinski definition) is 2. The minimum absolute atomic E-state index is 0.0612. The van der Waals surface area contributed by atoms with Gasteiger partial charge in [0.2, 0.25) is 5.91 Å². The maximum Gasteiger partial charge on any atom is 0.418 e. The zero-order valence-electron chi connectivity index (χ0n) is 9.79. The van der Waals surface area contributed by atoms with Gasteiger partial charge >= 0.3 is 16.4 Å². The molecule has 108 valence electrons. The fraction of sp³-hybridized carbons (Fsp3) is 0.333. The Labute approximate surface area is 117 Å². The summed E-state index contributed by atoms with van der Waals surface area (Å²) in [6.07, 6.45) is 0. The number of carbonyl (C=O) groups is 2. The maximum atomic E-state index is 12.1. The number of amides is 3. The topological polar surface area (TPSA) is 130 Å². The molecule has 2 atom stereocenters. The summed E-state index contributed by atoms with van der Waals surface area (Å²) in [6, 6.07) is -0.832. The molecule has 11 heteroatoms. The van der Waals surface area contributed by atoms with Crippen LogP contribution in [0.2, 0.25) is 0 Å². The van der Waals surface area contributed by atoms with Gasteiger partial charge in [-0.05, 0) is 17.0 Å². The Morgan fingerprint density at radius 3 is 2.85 bits per heavy atom. The van der Waals surface area contributed by atoms with Crippen molar-refractivity contribution in [1.82, 2.24) is 9.96 Å². The Kier molecular flexibility index (Phi) is 2.76. The normalized spacial score (nSPS) is 24.9. The highest BCUT2D eigenvalue weighted by Gasteiger charge is 2.52. The summed E-state index contributed by atoms with van der Waals surface area (Å²) in [5.41, 5.74) is 5.90. The molecule has 0 saturated carbocycles. The van der Waals surface area contributed by atoms with E-state index in [4.69, 9.17) is 10.3 Å². The molecule has 3 rings (SSSR count). The van der Waals surface area contributed by atoms with E-state index in [9.17, 15) is 18.0 Å². The first-order valence-electron chi connectivity index (χ1n) is 5.43. The van der Waals surface area contributed by atoms with Gasteiger partial charge in [-0.15, -0.1) is 15.6 Å². The van der Waals surface area contributed by atoms with Crippen LogP contribution in [-0.4, -0.2) is 41.4 Å². The number of fused-ring (bicyclic) bond motifs is 4. The second-order valence-electron chi connectivity index (χ2n) is 4.32. The fourth-order valence-corrected chi connectivity index (χ4v) is 3.92. The van der Waals surface area contributed by atoms with Crippen molar-refractivity contribution in [3.63, 3.8) is 0 Å². The summed E-state index contributed by atoms with van der Waals surface area (Å²) >= 11 is 1.24. The van der Waals surface area contributed by atoms with Gasteiger partial charge in [-0.1, -0.05) is 0 Å². The first-order chi connectivity index (χ1) is 9.29. The third kappa shape index (κ3) is 1.86. The molecule has 0 radical (unpaired) electrons. The molecule has 0 spiro atoms. The van der Waals surface area contributed by atoms with E-state index >= 15 is 0 Å². The van der Waals surface area contributed by atoms with Crippen molar-refractivity contribution in [2.24, 2.45) is 5.73 Å². The van der Waals surface area contributed by atoms with Crippen molar-refractivity contribution < 1.29 is 26.8 Å². The molecule has 3 N–H and O–H groups in total. The molecule has 1 fully saturated rings. The number of hydroxylamine groups is 2. The summed E-state index contributed by atoms with van der Waals surface area (Å²) in [5.74, 6) is -0.714. The first-order valence-corrected chi connectivity index (χ1v) is 7.67. The second kappa shape index (κ2) is 4.15. The molecule has 20 heavy (non-hydrogen) atoms. The summed E-state index contributed by atoms with van der Waals surface area (Å²) in [4.78, 5) is 25.3. The van der Waals surface area contributed by atoms with Crippen LogP contribution in [0.3, 0.4) is 0 Å². The monoisotopic (exact) mass is 319 g/mol. The predicted octanol–water partition coefficient (Wildman–Crippen LogP) is -0.199. The number of carbonyl (C=O) groups excluding carboxylic acids is 2. The zero-order chi connectivity index (χ0) is 14.7. The highest BCUT2D eigenvalue weighted by Crippen LogP contribution is 2.46. The van der Waals surface area contributed by atoms with Gasteiger partial charge in [0.15, 0.2) is 0 Å². The van der Waals surface area contributed by atoms with E-state index in [0.29, 0.717) is 15.5 Å². The predicted molar refractivity (Wildman–Crippen MR) is 65.6 cm³/mol. The van der Waals surface area contributed by atoms with E-state index < -0.39 is 34.4 Å². The van der Waals surface area contributed by atoms with Crippen LogP contribution in [0.25, 0.3) is 0 Å². The van der Waals surface area contributed by atoms with Crippen LogP contribution in [-0.2, 0) is 19.5 Å². The molecule has 1 unspecified atom stereocenters. The maximum absolute atomic E-state index is 12.1. The first kappa shape index (κ1) is 13.3. The standard InChI is InChI=1S/C9H9N3O6S2/c10-8(13)6-7-4(1-2-19-7)5-3-11(6)9(14)12(5)18-20(15,16)17/h1-2,5-6H,3H2,(H2,10,13)(H,15,16,17)/t5-,6?/m1/s1. The SMILES string of the molecule is NC(=O)C1c2sccc2[C@H]2CN1C(=O)N2OS(=O)(=O)O. The number of hydrogen-bond acceptors (Lipinski definition) is 6. The van der Waals surface area contributed by atoms with Crippen LogP contribution < -0.4 is 5.73 Å². The molecule has 2 aliphatic rings. The lowest BCUT2D eigenvalue weighted by atomic mass is 9.99. The fourth-order valence-electron chi connectivity index (χ4n) is 2.48. The van der Waals surface area contributed by atoms with Crippen LogP contribution in [0.5, 0.6) is 0 Å². The third-order valence-corrected chi connectivity index (χ3v) is 4.51. The Morgan fingerprint density at radius 2 is 2.25 bits per heavy atom. The van der Waals surface area contributed by atoms with Crippen molar-refractivity contribution in [2.75, 3.05) is 6.54 Å². The quantitative estimate of drug-likeness (QED) is 0.742. The molecule has 2 aliphatic heterocycles. The Bertz CT molecular complexity index is 698. The van der Waals surface area contributed by atoms with Crippen molar-refractivity contribution in [3.05, 3.63) is 21.9 Å². The molecule has 1 saturated heterocycles. The average Bonchev–Trinajstić information content (AvgIpc) is 2.88. The number of urea groups is 1. The van der Waals surface area contributed by atoms with Crippen molar-refractivity contribution >= 4 is 33.7 Å². The van der Waals surface area contributed by atoms with Crippen LogP contribution in [0.15, 0.2) is 11.4 Å². The summed E-state index contributed by atoms with van der Waals surface area (Å²) in [7, 11) is -4.84. The van der Waals surface area contributed by atoms with Gasteiger partial charge in [-0.3, -0.25) is 9.35 Å². The number of thiophene rings is 1. The van der Waals surface area contributed by atoms with Gasteiger partial charge in [0.25, 0.3) is 0 Å². The smallest absolute Gasteiger partial charge is 0.368 e. The molecule has 1 aromatic heterocycles. The summed E-state index contributed by atoms with van der Waals surface area (Å²) in [6.45, 7) is 0.0612. The van der Waals surface area contributed by atoms with Crippen LogP contribution in [0.4, 0.5) is 4.79 Å². The Morgan fingerprint density at radius 1 is 1.55 bits per heavy atom. The minimum atomic E-state index is -4.84. The second-order valence-corrected chi connectivity index (χ2v) is 6.28. The highest BCUT2D eigenvalue weighted by molar-refractivity contribution is 7.80. The highest BCUT2D eigenvalue weighted by atomic mass is 32.3. The number of primary amides is 1. The van der Waals surface area contributed by atoms with Crippen molar-refractivity contribution in [3.8, 4) is 0 Å². The van der Waals surface area contributed by atoms with Gasteiger partial charge in [0, 0.05) is 4.88 Å². The van der Waals surface area contributed by atoms with Gasteiger partial charge in [0.1, 0.15) is 12.1 Å². The van der Waals surface area contributed by atoms with Crippen LogP contribution in [0, 0.1) is 0 Å². The molecule has 0 aliphatic carbocycles. The van der Waals surface area contributed by atoms with E-state index in [1.807, 2.05) is 0 Å². The third-order valence-electron chi connectivity index (χ3n) is 3.18. The zero-order valence-corrected chi connectivity index (χ0v) is 11.4. The van der Waals surface area contributed by atoms with Gasteiger partial charge < -0.3 is 10.6 Å². The molecule has 1 aromatic rings. The molecular formula is C9H9N3O6S2. The Hall–Kier alpha value is -1.69. The molecule has 3 heterocycles. The average molecular weight is 319 g/mol. The van der Waals surface area contributed by atoms with Crippen molar-refractivity contribution in [1.29, 1.82) is 0 Å². The number of nitrogens with two attached hydrogens (primary N) is 1. The molecule has 9 nitrogen and oxygen atoms in total. The van der Waals surface area contributed by atoms with E-state index in [0.717, 1.165) is 4.90 Å². The largest absolute Gasteiger partial charge is 0.418 e. The molecule has 0 aromatic carbocycles. The lowest BCUT2D eigenvalue weighted by molar-refractivity contribution is -0.122. The van der Waals surface area contributed by atoms with E-state index in [1.54, 1.807) is 11.4 Å². The van der Waals surface area contributed by atoms with Gasteiger partial charge in [-0.2, -0.15) is 13.5 Å². The van der Waals surface area contributed by atoms with Gasteiger partial charge in [-0.25, -0.2) is 4.79 Å². The summed E-state index contributed by atoms with van der Waals surface area (Å²) < 4.78 is 34.7.